The summed E-state index contributed by atoms with van der Waals surface area (Å²) in [4.78, 5) is 23.5. The lowest BCUT2D eigenvalue weighted by Gasteiger charge is -2.38. The molecule has 2 fully saturated rings. The fourth-order valence-corrected chi connectivity index (χ4v) is 5.28. The van der Waals surface area contributed by atoms with Crippen LogP contribution in [0.3, 0.4) is 0 Å². The van der Waals surface area contributed by atoms with Gasteiger partial charge in [-0.2, -0.15) is 0 Å². The number of carbonyl (C=O) groups is 1. The number of amides is 1. The molecule has 7 nitrogen and oxygen atoms in total. The second-order valence-corrected chi connectivity index (χ2v) is 9.30. The first-order valence-corrected chi connectivity index (χ1v) is 11.7. The van der Waals surface area contributed by atoms with Crippen molar-refractivity contribution in [2.45, 2.75) is 69.1 Å². The lowest BCUT2D eigenvalue weighted by atomic mass is 9.74. The number of aryl methyl sites for hydroxylation is 1. The van der Waals surface area contributed by atoms with Gasteiger partial charge < -0.3 is 15.5 Å². The molecule has 3 atom stereocenters. The van der Waals surface area contributed by atoms with Crippen LogP contribution in [0.15, 0.2) is 42.6 Å². The predicted molar refractivity (Wildman–Crippen MR) is 122 cm³/mol. The molecule has 7 heteroatoms. The number of aliphatic hydroxyl groups is 2. The number of nitrogens with one attached hydrogen (secondary N) is 1. The number of piperidine rings is 1. The van der Waals surface area contributed by atoms with E-state index in [9.17, 15) is 15.0 Å². The SMILES string of the molecule is Cc1nccc(C(=O)NC[C@@]2(c3ccccc3)CC[C@H](O)[C@@H](N3CCC(O)CC3)CC2)n1. The molecule has 2 aliphatic rings. The number of nitrogens with zero attached hydrogens (tertiary/aromatic N) is 3. The van der Waals surface area contributed by atoms with E-state index in [4.69, 9.17) is 0 Å². The highest BCUT2D eigenvalue weighted by molar-refractivity contribution is 5.92. The molecular formula is C25H34N4O3. The van der Waals surface area contributed by atoms with Crippen LogP contribution < -0.4 is 5.32 Å². The van der Waals surface area contributed by atoms with Gasteiger partial charge in [0, 0.05) is 37.3 Å². The van der Waals surface area contributed by atoms with Crippen LogP contribution in [0.1, 0.15) is 60.4 Å². The molecular weight excluding hydrogens is 404 g/mol. The Bertz CT molecular complexity index is 901. The molecule has 1 saturated carbocycles. The van der Waals surface area contributed by atoms with Crippen molar-refractivity contribution in [3.8, 4) is 0 Å². The van der Waals surface area contributed by atoms with Gasteiger partial charge in [-0.15, -0.1) is 0 Å². The Kier molecular flexibility index (Phi) is 7.18. The molecule has 1 aliphatic carbocycles. The molecule has 172 valence electrons. The van der Waals surface area contributed by atoms with Crippen LogP contribution in [0, 0.1) is 6.92 Å². The minimum absolute atomic E-state index is 0.0910. The standard InChI is InChI=1S/C25H34N4O3/c1-18-26-14-9-21(28-18)24(32)27-17-25(19-5-3-2-4-6-19)12-7-22(23(31)8-13-25)29-15-10-20(30)11-16-29/h2-6,9,14,20,22-23,30-31H,7-8,10-13,15-17H2,1H3,(H,27,32)/t22-,23-,25-/m0/s1. The Morgan fingerprint density at radius 3 is 2.53 bits per heavy atom. The Morgan fingerprint density at radius 2 is 1.81 bits per heavy atom. The van der Waals surface area contributed by atoms with Gasteiger partial charge in [0.25, 0.3) is 5.91 Å². The number of hydrogen-bond acceptors (Lipinski definition) is 6. The van der Waals surface area contributed by atoms with E-state index < -0.39 is 6.10 Å². The zero-order valence-corrected chi connectivity index (χ0v) is 18.8. The molecule has 0 bridgehead atoms. The molecule has 0 radical (unpaired) electrons. The van der Waals surface area contributed by atoms with Gasteiger partial charge in [-0.3, -0.25) is 9.69 Å². The van der Waals surface area contributed by atoms with Crippen molar-refractivity contribution < 1.29 is 15.0 Å². The van der Waals surface area contributed by atoms with E-state index in [0.29, 0.717) is 24.5 Å². The summed E-state index contributed by atoms with van der Waals surface area (Å²) in [7, 11) is 0. The Morgan fingerprint density at radius 1 is 1.09 bits per heavy atom. The van der Waals surface area contributed by atoms with E-state index in [0.717, 1.165) is 45.2 Å². The smallest absolute Gasteiger partial charge is 0.270 e. The molecule has 2 heterocycles. The first-order chi connectivity index (χ1) is 15.5. The number of benzene rings is 1. The zero-order valence-electron chi connectivity index (χ0n) is 18.8. The summed E-state index contributed by atoms with van der Waals surface area (Å²) in [5.74, 6) is 0.375. The average Bonchev–Trinajstić information content (AvgIpc) is 2.98. The van der Waals surface area contributed by atoms with Crippen molar-refractivity contribution in [1.29, 1.82) is 0 Å². The summed E-state index contributed by atoms with van der Waals surface area (Å²) >= 11 is 0. The lowest BCUT2D eigenvalue weighted by molar-refractivity contribution is 0.00482. The Balaban J connectivity index is 1.52. The highest BCUT2D eigenvalue weighted by atomic mass is 16.3. The maximum Gasteiger partial charge on any atom is 0.270 e. The van der Waals surface area contributed by atoms with E-state index >= 15 is 0 Å². The normalized spacial score (nSPS) is 27.6. The summed E-state index contributed by atoms with van der Waals surface area (Å²) in [6.07, 6.45) is 5.72. The van der Waals surface area contributed by atoms with Crippen molar-refractivity contribution in [2.24, 2.45) is 0 Å². The number of aliphatic hydroxyl groups excluding tert-OH is 2. The number of aromatic nitrogens is 2. The largest absolute Gasteiger partial charge is 0.393 e. The van der Waals surface area contributed by atoms with Gasteiger partial charge in [0.05, 0.1) is 12.2 Å². The number of rotatable bonds is 5. The second kappa shape index (κ2) is 10.1. The second-order valence-electron chi connectivity index (χ2n) is 9.30. The number of carbonyl (C=O) groups excluding carboxylic acids is 1. The molecule has 4 rings (SSSR count). The van der Waals surface area contributed by atoms with Gasteiger partial charge in [-0.1, -0.05) is 30.3 Å². The third-order valence-electron chi connectivity index (χ3n) is 7.23. The molecule has 1 saturated heterocycles. The average molecular weight is 439 g/mol. The van der Waals surface area contributed by atoms with Crippen LogP contribution >= 0.6 is 0 Å². The van der Waals surface area contributed by atoms with Crippen LogP contribution in [-0.4, -0.2) is 68.9 Å². The van der Waals surface area contributed by atoms with Gasteiger partial charge in [0.15, 0.2) is 0 Å². The van der Waals surface area contributed by atoms with Crippen molar-refractivity contribution in [2.75, 3.05) is 19.6 Å². The summed E-state index contributed by atoms with van der Waals surface area (Å²) < 4.78 is 0. The molecule has 0 unspecified atom stereocenters. The van der Waals surface area contributed by atoms with Crippen LogP contribution in [0.2, 0.25) is 0 Å². The van der Waals surface area contributed by atoms with Gasteiger partial charge in [0.2, 0.25) is 0 Å². The zero-order chi connectivity index (χ0) is 22.6. The highest BCUT2D eigenvalue weighted by Crippen LogP contribution is 2.39. The highest BCUT2D eigenvalue weighted by Gasteiger charge is 2.40. The third kappa shape index (κ3) is 5.17. The first-order valence-electron chi connectivity index (χ1n) is 11.7. The van der Waals surface area contributed by atoms with Gasteiger partial charge in [0.1, 0.15) is 11.5 Å². The molecule has 1 aliphatic heterocycles. The quantitative estimate of drug-likeness (QED) is 0.619. The maximum absolute atomic E-state index is 12.8. The minimum atomic E-state index is -0.406. The van der Waals surface area contributed by atoms with Crippen LogP contribution in [-0.2, 0) is 5.41 Å². The molecule has 1 aromatic carbocycles. The van der Waals surface area contributed by atoms with E-state index in [2.05, 4.69) is 32.3 Å². The predicted octanol–water partition coefficient (Wildman–Crippen LogP) is 2.21. The first kappa shape index (κ1) is 22.8. The van der Waals surface area contributed by atoms with E-state index in [1.807, 2.05) is 18.2 Å². The molecule has 3 N–H and O–H groups in total. The molecule has 2 aromatic rings. The molecule has 32 heavy (non-hydrogen) atoms. The van der Waals surface area contributed by atoms with Crippen LogP contribution in [0.5, 0.6) is 0 Å². The van der Waals surface area contributed by atoms with E-state index in [1.165, 1.54) is 5.56 Å². The number of likely N-dealkylation sites (tertiary alicyclic amines) is 1. The van der Waals surface area contributed by atoms with Crippen molar-refractivity contribution in [3.05, 3.63) is 59.7 Å². The molecule has 1 amide bonds. The molecule has 0 spiro atoms. The van der Waals surface area contributed by atoms with Crippen LogP contribution in [0.4, 0.5) is 0 Å². The lowest BCUT2D eigenvalue weighted by Crippen LogP contribution is -2.48. The van der Waals surface area contributed by atoms with Crippen molar-refractivity contribution in [3.63, 3.8) is 0 Å². The van der Waals surface area contributed by atoms with Crippen LogP contribution in [0.25, 0.3) is 0 Å². The fourth-order valence-electron chi connectivity index (χ4n) is 5.28. The van der Waals surface area contributed by atoms with Gasteiger partial charge in [-0.05, 0) is 57.1 Å². The summed E-state index contributed by atoms with van der Waals surface area (Å²) in [5, 5.41) is 24.0. The summed E-state index contributed by atoms with van der Waals surface area (Å²) in [6.45, 7) is 3.92. The Hall–Kier alpha value is -2.35. The van der Waals surface area contributed by atoms with Gasteiger partial charge >= 0.3 is 0 Å². The van der Waals surface area contributed by atoms with Crippen molar-refractivity contribution >= 4 is 5.91 Å². The van der Waals surface area contributed by atoms with Crippen molar-refractivity contribution in [1.82, 2.24) is 20.2 Å². The number of hydrogen-bond donors (Lipinski definition) is 3. The van der Waals surface area contributed by atoms with E-state index in [-0.39, 0.29) is 23.5 Å². The van der Waals surface area contributed by atoms with E-state index in [1.54, 1.807) is 19.2 Å². The monoisotopic (exact) mass is 438 g/mol. The minimum Gasteiger partial charge on any atom is -0.393 e. The summed E-state index contributed by atoms with van der Waals surface area (Å²) in [6, 6.07) is 12.1. The Labute approximate surface area is 189 Å². The summed E-state index contributed by atoms with van der Waals surface area (Å²) in [5.41, 5.74) is 1.32. The third-order valence-corrected chi connectivity index (χ3v) is 7.23. The molecule has 1 aromatic heterocycles. The topological polar surface area (TPSA) is 98.6 Å². The fraction of sp³-hybridized carbons (Fsp3) is 0.560. The maximum atomic E-state index is 12.8. The van der Waals surface area contributed by atoms with Gasteiger partial charge in [-0.25, -0.2) is 9.97 Å².